The molecule has 0 N–H and O–H groups in total. The summed E-state index contributed by atoms with van der Waals surface area (Å²) in [5.41, 5.74) is 0.868. The Morgan fingerprint density at radius 3 is 2.48 bits per heavy atom. The fourth-order valence-electron chi connectivity index (χ4n) is 1.97. The lowest BCUT2D eigenvalue weighted by molar-refractivity contribution is 0.518. The molecule has 3 rings (SSSR count). The molecule has 0 aliphatic heterocycles. The molecule has 0 saturated carbocycles. The summed E-state index contributed by atoms with van der Waals surface area (Å²) in [6.45, 7) is 1.87. The zero-order valence-electron chi connectivity index (χ0n) is 12.1. The molecule has 0 saturated heterocycles. The SMILES string of the molecule is Cc1ccc(S(=O)(=O)OSc2cccc3oc(=O)ccc23)cc1. The Kier molecular flexibility index (Phi) is 4.25. The van der Waals surface area contributed by atoms with Gasteiger partial charge in [-0.2, -0.15) is 12.0 Å². The summed E-state index contributed by atoms with van der Waals surface area (Å²) in [6.07, 6.45) is 0. The van der Waals surface area contributed by atoms with Crippen LogP contribution in [0.25, 0.3) is 11.0 Å². The Bertz CT molecular complexity index is 1000. The fourth-order valence-corrected chi connectivity index (χ4v) is 3.80. The molecule has 23 heavy (non-hydrogen) atoms. The molecular weight excluding hydrogens is 336 g/mol. The predicted molar refractivity (Wildman–Crippen MR) is 87.8 cm³/mol. The summed E-state index contributed by atoms with van der Waals surface area (Å²) in [7, 11) is -3.88. The van der Waals surface area contributed by atoms with E-state index < -0.39 is 15.7 Å². The van der Waals surface area contributed by atoms with Crippen LogP contribution in [0.3, 0.4) is 0 Å². The first-order valence-electron chi connectivity index (χ1n) is 6.66. The quantitative estimate of drug-likeness (QED) is 0.530. The Balaban J connectivity index is 1.88. The minimum Gasteiger partial charge on any atom is -0.423 e. The van der Waals surface area contributed by atoms with Crippen molar-refractivity contribution in [2.75, 3.05) is 0 Å². The van der Waals surface area contributed by atoms with E-state index in [0.29, 0.717) is 27.9 Å². The van der Waals surface area contributed by atoms with E-state index in [9.17, 15) is 13.2 Å². The first-order valence-corrected chi connectivity index (χ1v) is 8.81. The standard InChI is InChI=1S/C16H12O5S2/c1-11-5-7-12(8-6-11)23(18,19)21-22-15-4-2-3-14-13(15)9-10-16(17)20-14/h2-10H,1H3. The highest BCUT2D eigenvalue weighted by Crippen LogP contribution is 2.30. The number of fused-ring (bicyclic) bond motifs is 1. The Morgan fingerprint density at radius 1 is 1.00 bits per heavy atom. The van der Waals surface area contributed by atoms with Gasteiger partial charge in [-0.25, -0.2) is 4.79 Å². The third-order valence-electron chi connectivity index (χ3n) is 3.15. The summed E-state index contributed by atoms with van der Waals surface area (Å²) in [5.74, 6) is 0. The van der Waals surface area contributed by atoms with E-state index in [2.05, 4.69) is 0 Å². The van der Waals surface area contributed by atoms with Crippen molar-refractivity contribution in [3.05, 3.63) is 70.6 Å². The van der Waals surface area contributed by atoms with Crippen molar-refractivity contribution in [1.29, 1.82) is 0 Å². The molecule has 0 unspecified atom stereocenters. The molecule has 3 aromatic rings. The van der Waals surface area contributed by atoms with Crippen LogP contribution < -0.4 is 5.63 Å². The predicted octanol–water partition coefficient (Wildman–Crippen LogP) is 3.51. The monoisotopic (exact) mass is 348 g/mol. The molecule has 1 heterocycles. The van der Waals surface area contributed by atoms with Gasteiger partial charge >= 0.3 is 15.7 Å². The molecule has 0 fully saturated rings. The van der Waals surface area contributed by atoms with Gasteiger partial charge in [0.25, 0.3) is 0 Å². The molecule has 0 bridgehead atoms. The summed E-state index contributed by atoms with van der Waals surface area (Å²) < 4.78 is 34.5. The van der Waals surface area contributed by atoms with Gasteiger partial charge in [-0.1, -0.05) is 23.8 Å². The van der Waals surface area contributed by atoms with Crippen LogP contribution in [-0.2, 0) is 13.7 Å². The second kappa shape index (κ2) is 6.19. The molecule has 0 aliphatic carbocycles. The Morgan fingerprint density at radius 2 is 1.74 bits per heavy atom. The van der Waals surface area contributed by atoms with Crippen molar-refractivity contribution in [2.45, 2.75) is 16.7 Å². The van der Waals surface area contributed by atoms with Crippen LogP contribution in [0.2, 0.25) is 0 Å². The molecule has 2 aromatic carbocycles. The van der Waals surface area contributed by atoms with Crippen molar-refractivity contribution in [1.82, 2.24) is 0 Å². The van der Waals surface area contributed by atoms with Crippen molar-refractivity contribution in [3.63, 3.8) is 0 Å². The van der Waals surface area contributed by atoms with Gasteiger partial charge < -0.3 is 4.42 Å². The summed E-state index contributed by atoms with van der Waals surface area (Å²) in [4.78, 5) is 11.9. The smallest absolute Gasteiger partial charge is 0.336 e. The topological polar surface area (TPSA) is 73.6 Å². The van der Waals surface area contributed by atoms with E-state index >= 15 is 0 Å². The van der Waals surface area contributed by atoms with E-state index in [0.717, 1.165) is 5.56 Å². The molecule has 1 aromatic heterocycles. The number of rotatable bonds is 4. The highest BCUT2D eigenvalue weighted by atomic mass is 32.3. The van der Waals surface area contributed by atoms with Gasteiger partial charge in [-0.05, 0) is 37.3 Å². The van der Waals surface area contributed by atoms with Crippen LogP contribution in [0, 0.1) is 6.92 Å². The maximum Gasteiger partial charge on any atom is 0.336 e. The molecular formula is C16H12O5S2. The second-order valence-corrected chi connectivity index (χ2v) is 7.37. The van der Waals surface area contributed by atoms with Crippen LogP contribution in [0.5, 0.6) is 0 Å². The normalized spacial score (nSPS) is 11.7. The number of benzene rings is 2. The van der Waals surface area contributed by atoms with E-state index in [1.54, 1.807) is 36.4 Å². The average Bonchev–Trinajstić information content (AvgIpc) is 2.53. The van der Waals surface area contributed by atoms with Crippen LogP contribution in [0.15, 0.2) is 73.6 Å². The van der Waals surface area contributed by atoms with Crippen LogP contribution in [0.1, 0.15) is 5.56 Å². The highest BCUT2D eigenvalue weighted by Gasteiger charge is 2.17. The molecule has 0 atom stereocenters. The van der Waals surface area contributed by atoms with Crippen LogP contribution in [0.4, 0.5) is 0 Å². The molecule has 0 radical (unpaired) electrons. The van der Waals surface area contributed by atoms with E-state index in [1.165, 1.54) is 18.2 Å². The Labute approximate surface area is 137 Å². The van der Waals surface area contributed by atoms with Gasteiger partial charge in [0, 0.05) is 16.3 Å². The molecule has 0 aliphatic rings. The number of hydrogen-bond donors (Lipinski definition) is 0. The van der Waals surface area contributed by atoms with E-state index in [4.69, 9.17) is 8.05 Å². The summed E-state index contributed by atoms with van der Waals surface area (Å²) >= 11 is 0.712. The Hall–Kier alpha value is -2.09. The first kappa shape index (κ1) is 15.8. The first-order chi connectivity index (χ1) is 11.0. The van der Waals surface area contributed by atoms with Crippen molar-refractivity contribution in [3.8, 4) is 0 Å². The van der Waals surface area contributed by atoms with E-state index in [-0.39, 0.29) is 4.90 Å². The lowest BCUT2D eigenvalue weighted by Gasteiger charge is -2.06. The molecule has 7 heteroatoms. The van der Waals surface area contributed by atoms with Gasteiger partial charge in [0.15, 0.2) is 0 Å². The minimum atomic E-state index is -3.88. The van der Waals surface area contributed by atoms with Gasteiger partial charge in [0.05, 0.1) is 16.9 Å². The second-order valence-electron chi connectivity index (χ2n) is 4.84. The van der Waals surface area contributed by atoms with Crippen molar-refractivity contribution >= 4 is 33.1 Å². The zero-order chi connectivity index (χ0) is 16.4. The van der Waals surface area contributed by atoms with Crippen LogP contribution in [-0.4, -0.2) is 8.42 Å². The average molecular weight is 348 g/mol. The summed E-state index contributed by atoms with van der Waals surface area (Å²) in [6, 6.07) is 14.2. The molecule has 0 spiro atoms. The fraction of sp³-hybridized carbons (Fsp3) is 0.0625. The van der Waals surface area contributed by atoms with Crippen molar-refractivity contribution < 1.29 is 16.5 Å². The van der Waals surface area contributed by atoms with Gasteiger partial charge in [-0.15, -0.1) is 0 Å². The van der Waals surface area contributed by atoms with Gasteiger partial charge in [-0.3, -0.25) is 0 Å². The lowest BCUT2D eigenvalue weighted by Crippen LogP contribution is -2.01. The molecule has 118 valence electrons. The molecule has 0 amide bonds. The van der Waals surface area contributed by atoms with Gasteiger partial charge in [0.1, 0.15) is 5.58 Å². The number of aryl methyl sites for hydroxylation is 1. The minimum absolute atomic E-state index is 0.0855. The van der Waals surface area contributed by atoms with Crippen LogP contribution >= 0.6 is 12.0 Å². The maximum absolute atomic E-state index is 12.2. The third kappa shape index (κ3) is 3.47. The summed E-state index contributed by atoms with van der Waals surface area (Å²) in [5, 5.41) is 0.608. The van der Waals surface area contributed by atoms with Crippen molar-refractivity contribution in [2.24, 2.45) is 0 Å². The zero-order valence-corrected chi connectivity index (χ0v) is 13.7. The number of hydrogen-bond acceptors (Lipinski definition) is 6. The lowest BCUT2D eigenvalue weighted by atomic mass is 10.2. The highest BCUT2D eigenvalue weighted by molar-refractivity contribution is 8.04. The van der Waals surface area contributed by atoms with Gasteiger partial charge in [0.2, 0.25) is 0 Å². The molecule has 5 nitrogen and oxygen atoms in total. The maximum atomic E-state index is 12.2. The third-order valence-corrected chi connectivity index (χ3v) is 5.52. The largest absolute Gasteiger partial charge is 0.423 e. The van der Waals surface area contributed by atoms with E-state index in [1.807, 2.05) is 6.92 Å².